The normalized spacial score (nSPS) is 24.4. The molecular formula is C18H27N3O2. The van der Waals surface area contributed by atoms with Gasteiger partial charge in [-0.1, -0.05) is 12.1 Å². The average Bonchev–Trinajstić information content (AvgIpc) is 3.18. The number of benzene rings is 1. The van der Waals surface area contributed by atoms with Gasteiger partial charge in [0, 0.05) is 32.2 Å². The molecule has 2 aliphatic heterocycles. The molecule has 3 rings (SSSR count). The second kappa shape index (κ2) is 7.21. The first-order valence-electron chi connectivity index (χ1n) is 8.44. The second-order valence-electron chi connectivity index (χ2n) is 6.61. The summed E-state index contributed by atoms with van der Waals surface area (Å²) in [6.07, 6.45) is 2.38. The van der Waals surface area contributed by atoms with Crippen LogP contribution in [-0.2, 0) is 4.74 Å². The van der Waals surface area contributed by atoms with Crippen molar-refractivity contribution in [1.82, 2.24) is 10.2 Å². The summed E-state index contributed by atoms with van der Waals surface area (Å²) in [6.45, 7) is 7.36. The summed E-state index contributed by atoms with van der Waals surface area (Å²) in [5, 5.41) is 3.41. The van der Waals surface area contributed by atoms with Gasteiger partial charge in [0.1, 0.15) is 12.4 Å². The van der Waals surface area contributed by atoms with E-state index in [0.29, 0.717) is 12.0 Å². The van der Waals surface area contributed by atoms with Crippen LogP contribution in [0, 0.1) is 12.3 Å². The molecule has 1 unspecified atom stereocenters. The van der Waals surface area contributed by atoms with Gasteiger partial charge in [-0.15, -0.1) is 0 Å². The minimum Gasteiger partial charge on any atom is -0.492 e. The highest BCUT2D eigenvalue weighted by molar-refractivity contribution is 5.80. The number of nitrogens with one attached hydrogen (secondary N) is 1. The van der Waals surface area contributed by atoms with Crippen LogP contribution in [0.3, 0.4) is 0 Å². The molecule has 0 saturated carbocycles. The Morgan fingerprint density at radius 2 is 2.35 bits per heavy atom. The first-order valence-corrected chi connectivity index (χ1v) is 8.44. The lowest BCUT2D eigenvalue weighted by Crippen LogP contribution is -2.42. The first-order chi connectivity index (χ1) is 11.2. The number of nitrogens with zero attached hydrogens (tertiary/aromatic N) is 2. The van der Waals surface area contributed by atoms with Gasteiger partial charge >= 0.3 is 0 Å². The molecule has 0 aliphatic carbocycles. The van der Waals surface area contributed by atoms with Crippen LogP contribution < -0.4 is 10.1 Å². The maximum Gasteiger partial charge on any atom is 0.193 e. The van der Waals surface area contributed by atoms with Gasteiger partial charge in [0.25, 0.3) is 0 Å². The molecule has 2 saturated heterocycles. The molecule has 0 aromatic heterocycles. The summed E-state index contributed by atoms with van der Waals surface area (Å²) in [6, 6.07) is 8.14. The SMILES string of the molecule is CN=C(NCCOc1cccc(C)c1)N1CCC2(CCOC2)C1. The van der Waals surface area contributed by atoms with E-state index in [1.54, 1.807) is 0 Å². The van der Waals surface area contributed by atoms with Gasteiger partial charge < -0.3 is 19.7 Å². The quantitative estimate of drug-likeness (QED) is 0.524. The summed E-state index contributed by atoms with van der Waals surface area (Å²) in [5.41, 5.74) is 1.57. The predicted octanol–water partition coefficient (Wildman–Crippen LogP) is 2.06. The number of hydrogen-bond acceptors (Lipinski definition) is 3. The molecule has 5 nitrogen and oxygen atoms in total. The minimum atomic E-state index is 0.357. The first kappa shape index (κ1) is 16.1. The molecule has 23 heavy (non-hydrogen) atoms. The van der Waals surface area contributed by atoms with Gasteiger partial charge in [-0.05, 0) is 37.5 Å². The molecule has 0 amide bonds. The van der Waals surface area contributed by atoms with Crippen LogP contribution in [0.2, 0.25) is 0 Å². The Kier molecular flexibility index (Phi) is 5.06. The number of aryl methyl sites for hydroxylation is 1. The van der Waals surface area contributed by atoms with E-state index in [1.165, 1.54) is 18.4 Å². The van der Waals surface area contributed by atoms with Crippen molar-refractivity contribution >= 4 is 5.96 Å². The van der Waals surface area contributed by atoms with Crippen molar-refractivity contribution in [2.45, 2.75) is 19.8 Å². The molecule has 2 aliphatic rings. The zero-order chi connectivity index (χ0) is 16.1. The van der Waals surface area contributed by atoms with Crippen LogP contribution in [0.15, 0.2) is 29.3 Å². The number of aliphatic imine (C=N–C) groups is 1. The van der Waals surface area contributed by atoms with Crippen LogP contribution in [0.25, 0.3) is 0 Å². The van der Waals surface area contributed by atoms with Crippen molar-refractivity contribution in [2.24, 2.45) is 10.4 Å². The third-order valence-electron chi connectivity index (χ3n) is 4.78. The molecule has 0 bridgehead atoms. The van der Waals surface area contributed by atoms with Crippen LogP contribution in [0.4, 0.5) is 0 Å². The minimum absolute atomic E-state index is 0.357. The van der Waals surface area contributed by atoms with Crippen molar-refractivity contribution in [2.75, 3.05) is 46.5 Å². The Balaban J connectivity index is 1.43. The lowest BCUT2D eigenvalue weighted by Gasteiger charge is -2.24. The molecule has 2 heterocycles. The van der Waals surface area contributed by atoms with E-state index in [9.17, 15) is 0 Å². The summed E-state index contributed by atoms with van der Waals surface area (Å²) in [7, 11) is 1.85. The van der Waals surface area contributed by atoms with Crippen molar-refractivity contribution in [3.63, 3.8) is 0 Å². The number of likely N-dealkylation sites (tertiary alicyclic amines) is 1. The fourth-order valence-corrected chi connectivity index (χ4v) is 3.46. The van der Waals surface area contributed by atoms with Gasteiger partial charge in [-0.3, -0.25) is 4.99 Å². The Labute approximate surface area is 138 Å². The van der Waals surface area contributed by atoms with Gasteiger partial charge in [0.2, 0.25) is 0 Å². The van der Waals surface area contributed by atoms with Crippen molar-refractivity contribution < 1.29 is 9.47 Å². The zero-order valence-corrected chi connectivity index (χ0v) is 14.2. The Morgan fingerprint density at radius 3 is 3.09 bits per heavy atom. The van der Waals surface area contributed by atoms with E-state index >= 15 is 0 Å². The number of ether oxygens (including phenoxy) is 2. The van der Waals surface area contributed by atoms with E-state index < -0.39 is 0 Å². The molecule has 126 valence electrons. The van der Waals surface area contributed by atoms with E-state index in [2.05, 4.69) is 34.3 Å². The van der Waals surface area contributed by atoms with E-state index in [-0.39, 0.29) is 0 Å². The Morgan fingerprint density at radius 1 is 1.43 bits per heavy atom. The Bertz CT molecular complexity index is 553. The monoisotopic (exact) mass is 317 g/mol. The summed E-state index contributed by atoms with van der Waals surface area (Å²) in [4.78, 5) is 6.77. The molecule has 1 aromatic carbocycles. The van der Waals surface area contributed by atoms with Crippen LogP contribution in [0.5, 0.6) is 5.75 Å². The third kappa shape index (κ3) is 3.96. The van der Waals surface area contributed by atoms with Crippen molar-refractivity contribution in [3.8, 4) is 5.75 Å². The maximum atomic E-state index is 5.78. The summed E-state index contributed by atoms with van der Waals surface area (Å²) in [5.74, 6) is 1.90. The highest BCUT2D eigenvalue weighted by Crippen LogP contribution is 2.38. The predicted molar refractivity (Wildman–Crippen MR) is 92.1 cm³/mol. The summed E-state index contributed by atoms with van der Waals surface area (Å²) >= 11 is 0. The van der Waals surface area contributed by atoms with Gasteiger partial charge in [-0.25, -0.2) is 0 Å². The maximum absolute atomic E-state index is 5.78. The van der Waals surface area contributed by atoms with Crippen LogP contribution >= 0.6 is 0 Å². The smallest absolute Gasteiger partial charge is 0.193 e. The standard InChI is InChI=1S/C18H27N3O2/c1-15-4-3-5-16(12-15)23-11-8-20-17(19-2)21-9-6-18(13-21)7-10-22-14-18/h3-5,12H,6-11,13-14H2,1-2H3,(H,19,20). The zero-order valence-electron chi connectivity index (χ0n) is 14.2. The molecule has 2 fully saturated rings. The third-order valence-corrected chi connectivity index (χ3v) is 4.78. The van der Waals surface area contributed by atoms with Gasteiger partial charge in [0.15, 0.2) is 5.96 Å². The molecule has 1 atom stereocenters. The molecule has 1 aromatic rings. The highest BCUT2D eigenvalue weighted by atomic mass is 16.5. The number of guanidine groups is 1. The molecule has 1 spiro atoms. The average molecular weight is 317 g/mol. The largest absolute Gasteiger partial charge is 0.492 e. The van der Waals surface area contributed by atoms with Gasteiger partial charge in [-0.2, -0.15) is 0 Å². The molecule has 5 heteroatoms. The van der Waals surface area contributed by atoms with E-state index in [1.807, 2.05) is 19.2 Å². The molecule has 0 radical (unpaired) electrons. The topological polar surface area (TPSA) is 46.1 Å². The number of hydrogen-bond donors (Lipinski definition) is 1. The fourth-order valence-electron chi connectivity index (χ4n) is 3.46. The van der Waals surface area contributed by atoms with E-state index in [4.69, 9.17) is 9.47 Å². The van der Waals surface area contributed by atoms with Gasteiger partial charge in [0.05, 0.1) is 13.2 Å². The molecular weight excluding hydrogens is 290 g/mol. The Hall–Kier alpha value is -1.75. The lowest BCUT2D eigenvalue weighted by molar-refractivity contribution is 0.156. The fraction of sp³-hybridized carbons (Fsp3) is 0.611. The van der Waals surface area contributed by atoms with Crippen LogP contribution in [0.1, 0.15) is 18.4 Å². The van der Waals surface area contributed by atoms with E-state index in [0.717, 1.165) is 44.6 Å². The van der Waals surface area contributed by atoms with Crippen LogP contribution in [-0.4, -0.2) is 57.4 Å². The second-order valence-corrected chi connectivity index (χ2v) is 6.61. The lowest BCUT2D eigenvalue weighted by atomic mass is 9.87. The number of rotatable bonds is 4. The van der Waals surface area contributed by atoms with Crippen molar-refractivity contribution in [1.29, 1.82) is 0 Å². The highest BCUT2D eigenvalue weighted by Gasteiger charge is 2.42. The molecule has 1 N–H and O–H groups in total. The summed E-state index contributed by atoms with van der Waals surface area (Å²) < 4.78 is 11.4. The van der Waals surface area contributed by atoms with Crippen molar-refractivity contribution in [3.05, 3.63) is 29.8 Å².